The third kappa shape index (κ3) is 2.54. The van der Waals surface area contributed by atoms with E-state index in [2.05, 4.69) is 10.2 Å². The van der Waals surface area contributed by atoms with Gasteiger partial charge in [-0.2, -0.15) is 5.10 Å². The third-order valence-corrected chi connectivity index (χ3v) is 2.37. The fraction of sp³-hybridized carbons (Fsp3) is 0. The number of aromatic nitrogens is 2. The van der Waals surface area contributed by atoms with Gasteiger partial charge in [-0.1, -0.05) is 11.6 Å². The summed E-state index contributed by atoms with van der Waals surface area (Å²) in [5, 5.41) is 14.6. The highest BCUT2D eigenvalue weighted by Gasteiger charge is 2.10. The Balaban J connectivity index is 2.34. The summed E-state index contributed by atoms with van der Waals surface area (Å²) in [6, 6.07) is 5.35. The SMILES string of the molecule is N=C(N)c1ccnnc1Oc1ccc(F)c(Cl)c1. The van der Waals surface area contributed by atoms with Crippen LogP contribution in [0.3, 0.4) is 0 Å². The number of hydrogen-bond acceptors (Lipinski definition) is 4. The summed E-state index contributed by atoms with van der Waals surface area (Å²) >= 11 is 5.62. The summed E-state index contributed by atoms with van der Waals surface area (Å²) in [4.78, 5) is 0. The van der Waals surface area contributed by atoms with Crippen LogP contribution in [0, 0.1) is 11.2 Å². The minimum absolute atomic E-state index is 0.0627. The maximum absolute atomic E-state index is 13.0. The Morgan fingerprint density at radius 2 is 2.17 bits per heavy atom. The van der Waals surface area contributed by atoms with Crippen molar-refractivity contribution in [3.05, 3.63) is 46.9 Å². The minimum Gasteiger partial charge on any atom is -0.437 e. The Hall–Kier alpha value is -2.21. The molecule has 5 nitrogen and oxygen atoms in total. The molecule has 0 aliphatic heterocycles. The first-order valence-electron chi connectivity index (χ1n) is 4.87. The molecular formula is C11H8ClFN4O. The molecule has 2 rings (SSSR count). The number of nitrogens with two attached hydrogens (primary N) is 1. The van der Waals surface area contributed by atoms with Gasteiger partial charge in [0.15, 0.2) is 0 Å². The second kappa shape index (κ2) is 4.97. The minimum atomic E-state index is -0.546. The van der Waals surface area contributed by atoms with Gasteiger partial charge < -0.3 is 10.5 Å². The van der Waals surface area contributed by atoms with Gasteiger partial charge in [0, 0.05) is 6.07 Å². The average Bonchev–Trinajstić information content (AvgIpc) is 2.34. The van der Waals surface area contributed by atoms with Gasteiger partial charge in [0.2, 0.25) is 5.88 Å². The molecule has 0 atom stereocenters. The molecule has 0 aliphatic rings. The van der Waals surface area contributed by atoms with E-state index in [1.165, 1.54) is 30.5 Å². The summed E-state index contributed by atoms with van der Waals surface area (Å²) in [5.41, 5.74) is 5.67. The van der Waals surface area contributed by atoms with Gasteiger partial charge in [-0.05, 0) is 18.2 Å². The van der Waals surface area contributed by atoms with Crippen molar-refractivity contribution >= 4 is 17.4 Å². The highest BCUT2D eigenvalue weighted by Crippen LogP contribution is 2.26. The Labute approximate surface area is 107 Å². The monoisotopic (exact) mass is 266 g/mol. The summed E-state index contributed by atoms with van der Waals surface area (Å²) in [7, 11) is 0. The maximum Gasteiger partial charge on any atom is 0.249 e. The summed E-state index contributed by atoms with van der Waals surface area (Å²) in [5.74, 6) is -0.403. The van der Waals surface area contributed by atoms with Crippen LogP contribution in [0.25, 0.3) is 0 Å². The molecule has 1 aromatic heterocycles. The standard InChI is InChI=1S/C11H8ClFN4O/c12-8-5-6(1-2-9(8)13)18-11-7(10(14)15)3-4-16-17-11/h1-5H,(H3,14,15). The van der Waals surface area contributed by atoms with Crippen molar-refractivity contribution in [2.24, 2.45) is 5.73 Å². The van der Waals surface area contributed by atoms with E-state index in [4.69, 9.17) is 27.5 Å². The summed E-state index contributed by atoms with van der Waals surface area (Å²) < 4.78 is 18.3. The molecule has 0 amide bonds. The van der Waals surface area contributed by atoms with Crippen molar-refractivity contribution in [1.29, 1.82) is 5.41 Å². The predicted octanol–water partition coefficient (Wildman–Crippen LogP) is 2.35. The van der Waals surface area contributed by atoms with E-state index in [-0.39, 0.29) is 22.5 Å². The molecule has 18 heavy (non-hydrogen) atoms. The van der Waals surface area contributed by atoms with Gasteiger partial charge in [0.25, 0.3) is 0 Å². The van der Waals surface area contributed by atoms with E-state index < -0.39 is 5.82 Å². The van der Waals surface area contributed by atoms with E-state index in [9.17, 15) is 4.39 Å². The number of halogens is 2. The largest absolute Gasteiger partial charge is 0.437 e. The zero-order chi connectivity index (χ0) is 13.1. The number of nitrogens with zero attached hydrogens (tertiary/aromatic N) is 2. The fourth-order valence-corrected chi connectivity index (χ4v) is 1.42. The van der Waals surface area contributed by atoms with Crippen molar-refractivity contribution in [2.45, 2.75) is 0 Å². The van der Waals surface area contributed by atoms with E-state index in [1.807, 2.05) is 0 Å². The van der Waals surface area contributed by atoms with Crippen LogP contribution in [-0.2, 0) is 0 Å². The van der Waals surface area contributed by atoms with E-state index in [0.29, 0.717) is 5.56 Å². The number of benzene rings is 1. The highest BCUT2D eigenvalue weighted by molar-refractivity contribution is 6.30. The Bertz CT molecular complexity index is 605. The third-order valence-electron chi connectivity index (χ3n) is 2.08. The van der Waals surface area contributed by atoms with Crippen molar-refractivity contribution in [2.75, 3.05) is 0 Å². The predicted molar refractivity (Wildman–Crippen MR) is 64.5 cm³/mol. The normalized spacial score (nSPS) is 10.1. The van der Waals surface area contributed by atoms with Gasteiger partial charge >= 0.3 is 0 Å². The molecule has 0 saturated carbocycles. The van der Waals surface area contributed by atoms with Gasteiger partial charge in [-0.3, -0.25) is 5.41 Å². The summed E-state index contributed by atoms with van der Waals surface area (Å²) in [6.07, 6.45) is 1.39. The van der Waals surface area contributed by atoms with Crippen molar-refractivity contribution in [1.82, 2.24) is 10.2 Å². The molecule has 0 fully saturated rings. The number of nitrogen functional groups attached to an aromatic ring is 1. The molecule has 3 N–H and O–H groups in total. The van der Waals surface area contributed by atoms with Crippen molar-refractivity contribution < 1.29 is 9.13 Å². The zero-order valence-electron chi connectivity index (χ0n) is 9.02. The van der Waals surface area contributed by atoms with Crippen LogP contribution in [0.5, 0.6) is 11.6 Å². The zero-order valence-corrected chi connectivity index (χ0v) is 9.78. The molecule has 0 radical (unpaired) electrons. The van der Waals surface area contributed by atoms with E-state index in [1.54, 1.807) is 0 Å². The van der Waals surface area contributed by atoms with Crippen LogP contribution in [0.2, 0.25) is 5.02 Å². The quantitative estimate of drug-likeness (QED) is 0.660. The van der Waals surface area contributed by atoms with Gasteiger partial charge in [0.05, 0.1) is 16.8 Å². The Morgan fingerprint density at radius 3 is 2.83 bits per heavy atom. The second-order valence-corrected chi connectivity index (χ2v) is 3.75. The second-order valence-electron chi connectivity index (χ2n) is 3.34. The molecule has 1 heterocycles. The molecule has 0 spiro atoms. The van der Waals surface area contributed by atoms with Gasteiger partial charge in [-0.25, -0.2) is 4.39 Å². The molecule has 92 valence electrons. The first-order chi connectivity index (χ1) is 8.58. The highest BCUT2D eigenvalue weighted by atomic mass is 35.5. The van der Waals surface area contributed by atoms with Gasteiger partial charge in [-0.15, -0.1) is 5.10 Å². The lowest BCUT2D eigenvalue weighted by Gasteiger charge is -2.08. The first kappa shape index (κ1) is 12.3. The topological polar surface area (TPSA) is 84.9 Å². The molecule has 7 heteroatoms. The van der Waals surface area contributed by atoms with Crippen LogP contribution in [0.15, 0.2) is 30.5 Å². The number of hydrogen-bond donors (Lipinski definition) is 2. The van der Waals surface area contributed by atoms with Crippen LogP contribution >= 0.6 is 11.6 Å². The van der Waals surface area contributed by atoms with Crippen LogP contribution in [0.1, 0.15) is 5.56 Å². The smallest absolute Gasteiger partial charge is 0.249 e. The molecule has 0 saturated heterocycles. The van der Waals surface area contributed by atoms with Gasteiger partial charge in [0.1, 0.15) is 17.4 Å². The lowest BCUT2D eigenvalue weighted by atomic mass is 10.3. The maximum atomic E-state index is 13.0. The number of ether oxygens (including phenoxy) is 1. The fourth-order valence-electron chi connectivity index (χ4n) is 1.25. The molecule has 1 aromatic carbocycles. The molecule has 0 bridgehead atoms. The number of nitrogens with one attached hydrogen (secondary N) is 1. The van der Waals surface area contributed by atoms with Crippen molar-refractivity contribution in [3.8, 4) is 11.6 Å². The van der Waals surface area contributed by atoms with Crippen LogP contribution in [0.4, 0.5) is 4.39 Å². The molecule has 0 unspecified atom stereocenters. The first-order valence-corrected chi connectivity index (χ1v) is 5.24. The van der Waals surface area contributed by atoms with Crippen LogP contribution < -0.4 is 10.5 Å². The lowest BCUT2D eigenvalue weighted by Crippen LogP contribution is -2.13. The molecular weight excluding hydrogens is 259 g/mol. The molecule has 2 aromatic rings. The van der Waals surface area contributed by atoms with E-state index in [0.717, 1.165) is 0 Å². The number of amidine groups is 1. The molecule has 0 aliphatic carbocycles. The van der Waals surface area contributed by atoms with Crippen molar-refractivity contribution in [3.63, 3.8) is 0 Å². The summed E-state index contributed by atoms with van der Waals surface area (Å²) in [6.45, 7) is 0. The van der Waals surface area contributed by atoms with Crippen LogP contribution in [-0.4, -0.2) is 16.0 Å². The van der Waals surface area contributed by atoms with E-state index >= 15 is 0 Å². The average molecular weight is 267 g/mol. The number of rotatable bonds is 3. The lowest BCUT2D eigenvalue weighted by molar-refractivity contribution is 0.452. The Kier molecular flexibility index (Phi) is 3.38. The Morgan fingerprint density at radius 1 is 1.39 bits per heavy atom.